The molecule has 0 saturated heterocycles. The van der Waals surface area contributed by atoms with Gasteiger partial charge in [-0.05, 0) is 60.5 Å². The van der Waals surface area contributed by atoms with Crippen molar-refractivity contribution in [2.45, 2.75) is 20.1 Å². The molecule has 30 heavy (non-hydrogen) atoms. The molecule has 0 unspecified atom stereocenters. The maximum atomic E-state index is 6.17. The summed E-state index contributed by atoms with van der Waals surface area (Å²) in [4.78, 5) is 0. The zero-order chi connectivity index (χ0) is 21.3. The third-order valence-electron chi connectivity index (χ3n) is 4.20. The van der Waals surface area contributed by atoms with Crippen LogP contribution in [0.25, 0.3) is 0 Å². The summed E-state index contributed by atoms with van der Waals surface area (Å²) in [6.45, 7) is 3.37. The molecule has 0 bridgehead atoms. The zero-order valence-electron chi connectivity index (χ0n) is 16.4. The molecule has 0 aliphatic heterocycles. The number of halogens is 3. The molecule has 0 amide bonds. The second-order valence-corrected chi connectivity index (χ2v) is 8.08. The number of ether oxygens (including phenoxy) is 2. The Labute approximate surface area is 194 Å². The van der Waals surface area contributed by atoms with Crippen LogP contribution in [-0.4, -0.2) is 12.8 Å². The normalized spacial score (nSPS) is 10.9. The molecular weight excluding hydrogens is 487 g/mol. The van der Waals surface area contributed by atoms with E-state index in [0.717, 1.165) is 21.2 Å². The highest BCUT2D eigenvalue weighted by atomic mass is 79.9. The molecule has 0 spiro atoms. The Kier molecular flexibility index (Phi) is 8.43. The largest absolute Gasteiger partial charge is 0.490 e. The zero-order valence-corrected chi connectivity index (χ0v) is 19.5. The third kappa shape index (κ3) is 6.39. The van der Waals surface area contributed by atoms with Crippen LogP contribution in [0, 0.1) is 0 Å². The van der Waals surface area contributed by atoms with Crippen LogP contribution in [0.2, 0.25) is 10.0 Å². The van der Waals surface area contributed by atoms with Gasteiger partial charge in [0.2, 0.25) is 0 Å². The van der Waals surface area contributed by atoms with Crippen molar-refractivity contribution in [1.82, 2.24) is 5.43 Å². The Bertz CT molecular complexity index is 990. The standard InChI is InChI=1S/C23H21BrCl2N2O2/c1-2-29-23-12-17(13-27-28-14-19-20(25)4-3-5-21(19)26)8-11-22(23)30-15-16-6-9-18(24)10-7-16/h3-13,28H,2,14-15H2,1H3/b27-13+. The van der Waals surface area contributed by atoms with Gasteiger partial charge in [-0.2, -0.15) is 5.10 Å². The highest BCUT2D eigenvalue weighted by Crippen LogP contribution is 2.29. The van der Waals surface area contributed by atoms with Gasteiger partial charge in [0.1, 0.15) is 6.61 Å². The lowest BCUT2D eigenvalue weighted by Gasteiger charge is -2.13. The lowest BCUT2D eigenvalue weighted by atomic mass is 10.2. The van der Waals surface area contributed by atoms with E-state index in [9.17, 15) is 0 Å². The fraction of sp³-hybridized carbons (Fsp3) is 0.174. The van der Waals surface area contributed by atoms with E-state index in [4.69, 9.17) is 32.7 Å². The second-order valence-electron chi connectivity index (χ2n) is 6.35. The molecule has 0 saturated carbocycles. The Morgan fingerprint density at radius 1 is 0.967 bits per heavy atom. The van der Waals surface area contributed by atoms with Crippen molar-refractivity contribution in [2.75, 3.05) is 6.61 Å². The maximum absolute atomic E-state index is 6.17. The molecule has 1 N–H and O–H groups in total. The first-order valence-corrected chi connectivity index (χ1v) is 10.9. The lowest BCUT2D eigenvalue weighted by molar-refractivity contribution is 0.269. The number of hydrogen-bond acceptors (Lipinski definition) is 4. The minimum absolute atomic E-state index is 0.432. The van der Waals surface area contributed by atoms with Gasteiger partial charge in [0.15, 0.2) is 11.5 Å². The average molecular weight is 508 g/mol. The highest BCUT2D eigenvalue weighted by molar-refractivity contribution is 9.10. The van der Waals surface area contributed by atoms with Crippen molar-refractivity contribution in [3.05, 3.63) is 91.9 Å². The van der Waals surface area contributed by atoms with E-state index in [1.807, 2.05) is 55.5 Å². The molecule has 0 heterocycles. The first kappa shape index (κ1) is 22.5. The molecule has 7 heteroatoms. The van der Waals surface area contributed by atoms with E-state index in [-0.39, 0.29) is 0 Å². The van der Waals surface area contributed by atoms with Gasteiger partial charge in [-0.25, -0.2) is 0 Å². The van der Waals surface area contributed by atoms with Crippen LogP contribution >= 0.6 is 39.1 Å². The fourth-order valence-corrected chi connectivity index (χ4v) is 3.48. The fourth-order valence-electron chi connectivity index (χ4n) is 2.68. The quantitative estimate of drug-likeness (QED) is 0.254. The van der Waals surface area contributed by atoms with Crippen LogP contribution < -0.4 is 14.9 Å². The van der Waals surface area contributed by atoms with Gasteiger partial charge in [0, 0.05) is 20.1 Å². The topological polar surface area (TPSA) is 42.8 Å². The minimum Gasteiger partial charge on any atom is -0.490 e. The van der Waals surface area contributed by atoms with E-state index in [1.54, 1.807) is 18.3 Å². The molecule has 3 aromatic carbocycles. The predicted octanol–water partition coefficient (Wildman–Crippen LogP) is 6.86. The van der Waals surface area contributed by atoms with E-state index < -0.39 is 0 Å². The summed E-state index contributed by atoms with van der Waals surface area (Å²) >= 11 is 15.8. The van der Waals surface area contributed by atoms with E-state index in [1.165, 1.54) is 0 Å². The smallest absolute Gasteiger partial charge is 0.161 e. The molecule has 156 valence electrons. The van der Waals surface area contributed by atoms with Crippen LogP contribution in [-0.2, 0) is 13.2 Å². The summed E-state index contributed by atoms with van der Waals surface area (Å²) in [5.74, 6) is 1.36. The predicted molar refractivity (Wildman–Crippen MR) is 127 cm³/mol. The molecule has 3 rings (SSSR count). The van der Waals surface area contributed by atoms with Gasteiger partial charge >= 0.3 is 0 Å². The molecule has 0 radical (unpaired) electrons. The summed E-state index contributed by atoms with van der Waals surface area (Å²) in [6.07, 6.45) is 1.71. The van der Waals surface area contributed by atoms with Gasteiger partial charge in [-0.1, -0.05) is 57.3 Å². The highest BCUT2D eigenvalue weighted by Gasteiger charge is 2.07. The Hall–Kier alpha value is -2.21. The molecule has 0 atom stereocenters. The van der Waals surface area contributed by atoms with E-state index in [2.05, 4.69) is 26.5 Å². The first-order chi connectivity index (χ1) is 14.6. The van der Waals surface area contributed by atoms with Crippen LogP contribution in [0.1, 0.15) is 23.6 Å². The number of benzene rings is 3. The Morgan fingerprint density at radius 3 is 2.40 bits per heavy atom. The second kappa shape index (κ2) is 11.3. The van der Waals surface area contributed by atoms with Crippen molar-refractivity contribution in [3.63, 3.8) is 0 Å². The van der Waals surface area contributed by atoms with Crippen LogP contribution in [0.4, 0.5) is 0 Å². The maximum Gasteiger partial charge on any atom is 0.161 e. The van der Waals surface area contributed by atoms with Gasteiger partial charge < -0.3 is 14.9 Å². The van der Waals surface area contributed by atoms with Gasteiger partial charge in [-0.15, -0.1) is 0 Å². The van der Waals surface area contributed by atoms with Gasteiger partial charge in [0.05, 0.1) is 19.4 Å². The Balaban J connectivity index is 1.63. The van der Waals surface area contributed by atoms with Gasteiger partial charge in [-0.3, -0.25) is 0 Å². The molecule has 3 aromatic rings. The van der Waals surface area contributed by atoms with Crippen molar-refractivity contribution in [3.8, 4) is 11.5 Å². The van der Waals surface area contributed by atoms with Crippen LogP contribution in [0.15, 0.2) is 70.2 Å². The van der Waals surface area contributed by atoms with Crippen molar-refractivity contribution < 1.29 is 9.47 Å². The van der Waals surface area contributed by atoms with Crippen molar-refractivity contribution in [1.29, 1.82) is 0 Å². The first-order valence-electron chi connectivity index (χ1n) is 9.39. The van der Waals surface area contributed by atoms with E-state index >= 15 is 0 Å². The number of nitrogens with zero attached hydrogens (tertiary/aromatic N) is 1. The SMILES string of the molecule is CCOc1cc(/C=N/NCc2c(Cl)cccc2Cl)ccc1OCc1ccc(Br)cc1. The molecule has 0 fully saturated rings. The van der Waals surface area contributed by atoms with Gasteiger partial charge in [0.25, 0.3) is 0 Å². The van der Waals surface area contributed by atoms with E-state index in [0.29, 0.717) is 41.3 Å². The summed E-state index contributed by atoms with van der Waals surface area (Å²) in [6, 6.07) is 19.1. The Morgan fingerprint density at radius 2 is 1.70 bits per heavy atom. The minimum atomic E-state index is 0.432. The summed E-state index contributed by atoms with van der Waals surface area (Å²) in [5, 5.41) is 5.47. The summed E-state index contributed by atoms with van der Waals surface area (Å²) in [7, 11) is 0. The lowest BCUT2D eigenvalue weighted by Crippen LogP contribution is -2.07. The molecular formula is C23H21BrCl2N2O2. The van der Waals surface area contributed by atoms with Crippen LogP contribution in [0.3, 0.4) is 0 Å². The molecule has 0 aliphatic carbocycles. The molecule has 0 aliphatic rings. The van der Waals surface area contributed by atoms with Crippen LogP contribution in [0.5, 0.6) is 11.5 Å². The molecule has 4 nitrogen and oxygen atoms in total. The monoisotopic (exact) mass is 506 g/mol. The summed E-state index contributed by atoms with van der Waals surface area (Å²) in [5.41, 5.74) is 5.74. The third-order valence-corrected chi connectivity index (χ3v) is 5.43. The number of rotatable bonds is 9. The summed E-state index contributed by atoms with van der Waals surface area (Å²) < 4.78 is 12.7. The molecule has 0 aromatic heterocycles. The average Bonchev–Trinajstić information content (AvgIpc) is 2.73. The number of nitrogens with one attached hydrogen (secondary N) is 1. The number of hydrazone groups is 1. The number of hydrogen-bond donors (Lipinski definition) is 1. The van der Waals surface area contributed by atoms with Crippen molar-refractivity contribution >= 4 is 45.3 Å². The van der Waals surface area contributed by atoms with Crippen molar-refractivity contribution in [2.24, 2.45) is 5.10 Å².